The van der Waals surface area contributed by atoms with Gasteiger partial charge in [-0.15, -0.1) is 0 Å². The second-order valence-electron chi connectivity index (χ2n) is 8.23. The molecular formula is C21H28FN3O3. The molecule has 3 saturated heterocycles. The Bertz CT molecular complexity index is 729. The molecule has 3 aliphatic rings. The summed E-state index contributed by atoms with van der Waals surface area (Å²) in [4.78, 5) is 29.9. The van der Waals surface area contributed by atoms with Crippen molar-refractivity contribution in [3.63, 3.8) is 0 Å². The van der Waals surface area contributed by atoms with E-state index in [1.54, 1.807) is 17.0 Å². The lowest BCUT2D eigenvalue weighted by Gasteiger charge is -2.39. The highest BCUT2D eigenvalue weighted by atomic mass is 19.1. The molecule has 1 spiro atoms. The van der Waals surface area contributed by atoms with Gasteiger partial charge >= 0.3 is 6.03 Å². The fourth-order valence-corrected chi connectivity index (χ4v) is 4.85. The Hall–Kier alpha value is -2.15. The van der Waals surface area contributed by atoms with Crippen LogP contribution in [0.15, 0.2) is 24.3 Å². The van der Waals surface area contributed by atoms with Crippen LogP contribution in [0.2, 0.25) is 0 Å². The van der Waals surface area contributed by atoms with Gasteiger partial charge in [0.15, 0.2) is 0 Å². The van der Waals surface area contributed by atoms with Gasteiger partial charge in [-0.2, -0.15) is 0 Å². The summed E-state index contributed by atoms with van der Waals surface area (Å²) in [5.74, 6) is -0.395. The molecule has 0 aromatic heterocycles. The van der Waals surface area contributed by atoms with Crippen molar-refractivity contribution in [2.75, 3.05) is 44.7 Å². The number of urea groups is 1. The van der Waals surface area contributed by atoms with E-state index in [4.69, 9.17) is 4.74 Å². The van der Waals surface area contributed by atoms with Gasteiger partial charge < -0.3 is 19.9 Å². The van der Waals surface area contributed by atoms with Gasteiger partial charge in [-0.05, 0) is 50.3 Å². The summed E-state index contributed by atoms with van der Waals surface area (Å²) in [5, 5.41) is 2.78. The van der Waals surface area contributed by atoms with Crippen LogP contribution in [0.25, 0.3) is 0 Å². The number of nitrogens with one attached hydrogen (secondary N) is 1. The van der Waals surface area contributed by atoms with Crippen LogP contribution in [0.4, 0.5) is 14.9 Å². The van der Waals surface area contributed by atoms with Gasteiger partial charge in [-0.1, -0.05) is 6.07 Å². The zero-order valence-electron chi connectivity index (χ0n) is 16.2. The molecule has 0 radical (unpaired) electrons. The van der Waals surface area contributed by atoms with E-state index < -0.39 is 5.82 Å². The van der Waals surface area contributed by atoms with E-state index in [0.29, 0.717) is 32.0 Å². The molecule has 0 unspecified atom stereocenters. The summed E-state index contributed by atoms with van der Waals surface area (Å²) < 4.78 is 19.0. The number of hydrogen-bond acceptors (Lipinski definition) is 3. The Morgan fingerprint density at radius 1 is 1.11 bits per heavy atom. The molecular weight excluding hydrogens is 361 g/mol. The first-order valence-electron chi connectivity index (χ1n) is 10.3. The molecule has 152 valence electrons. The zero-order valence-corrected chi connectivity index (χ0v) is 16.2. The van der Waals surface area contributed by atoms with Crippen LogP contribution >= 0.6 is 0 Å². The Morgan fingerprint density at radius 2 is 1.86 bits per heavy atom. The highest BCUT2D eigenvalue weighted by Gasteiger charge is 2.52. The van der Waals surface area contributed by atoms with Gasteiger partial charge in [-0.3, -0.25) is 4.79 Å². The molecule has 0 saturated carbocycles. The highest BCUT2D eigenvalue weighted by Crippen LogP contribution is 2.45. The molecule has 1 aromatic carbocycles. The molecule has 1 atom stereocenters. The number of carbonyl (C=O) groups excluding carboxylic acids is 2. The third kappa shape index (κ3) is 3.85. The highest BCUT2D eigenvalue weighted by molar-refractivity contribution is 5.90. The molecule has 4 rings (SSSR count). The van der Waals surface area contributed by atoms with Crippen LogP contribution < -0.4 is 5.32 Å². The summed E-state index contributed by atoms with van der Waals surface area (Å²) in [6.45, 7) is 3.85. The lowest BCUT2D eigenvalue weighted by Crippen LogP contribution is -2.47. The maximum absolute atomic E-state index is 13.4. The fourth-order valence-electron chi connectivity index (χ4n) is 4.85. The van der Waals surface area contributed by atoms with E-state index >= 15 is 0 Å². The van der Waals surface area contributed by atoms with Crippen LogP contribution in [0.1, 0.15) is 32.1 Å². The number of benzene rings is 1. The molecule has 1 N–H and O–H groups in total. The van der Waals surface area contributed by atoms with Crippen LogP contribution in [0.5, 0.6) is 0 Å². The fraction of sp³-hybridized carbons (Fsp3) is 0.619. The topological polar surface area (TPSA) is 61.9 Å². The van der Waals surface area contributed by atoms with Crippen LogP contribution in [-0.2, 0) is 9.53 Å². The summed E-state index contributed by atoms with van der Waals surface area (Å²) in [6, 6.07) is 5.60. The number of ether oxygens (including phenoxy) is 1. The van der Waals surface area contributed by atoms with Gasteiger partial charge in [0.2, 0.25) is 5.91 Å². The largest absolute Gasteiger partial charge is 0.381 e. The maximum atomic E-state index is 13.4. The standard InChI is InChI=1S/C21H28FN3O3/c22-16-5-4-6-17(13-16)23-20(27)25-14-18(19(26)24-9-2-1-3-10-24)21(15-25)7-11-28-12-8-21/h4-6,13,18H,1-3,7-12,14-15H2,(H,23,27)/t18-/m0/s1. The lowest BCUT2D eigenvalue weighted by molar-refractivity contribution is -0.141. The minimum absolute atomic E-state index is 0.183. The summed E-state index contributed by atoms with van der Waals surface area (Å²) in [6.07, 6.45) is 4.87. The Labute approximate surface area is 165 Å². The summed E-state index contributed by atoms with van der Waals surface area (Å²) >= 11 is 0. The number of likely N-dealkylation sites (tertiary alicyclic amines) is 2. The normalized spacial score (nSPS) is 24.4. The van der Waals surface area contributed by atoms with E-state index in [2.05, 4.69) is 5.32 Å². The molecule has 0 aliphatic carbocycles. The predicted octanol–water partition coefficient (Wildman–Crippen LogP) is 3.10. The molecule has 0 bridgehead atoms. The quantitative estimate of drug-likeness (QED) is 0.846. The second kappa shape index (κ2) is 8.07. The van der Waals surface area contributed by atoms with Gasteiger partial charge in [0.1, 0.15) is 5.82 Å². The molecule has 7 heteroatoms. The predicted molar refractivity (Wildman–Crippen MR) is 103 cm³/mol. The van der Waals surface area contributed by atoms with E-state index in [1.165, 1.54) is 18.6 Å². The molecule has 28 heavy (non-hydrogen) atoms. The van der Waals surface area contributed by atoms with Crippen molar-refractivity contribution in [2.24, 2.45) is 11.3 Å². The number of rotatable bonds is 2. The minimum atomic E-state index is -0.390. The molecule has 3 fully saturated rings. The Kier molecular flexibility index (Phi) is 5.53. The Morgan fingerprint density at radius 3 is 2.57 bits per heavy atom. The Balaban J connectivity index is 1.50. The minimum Gasteiger partial charge on any atom is -0.381 e. The van der Waals surface area contributed by atoms with Gasteiger partial charge in [-0.25, -0.2) is 9.18 Å². The number of anilines is 1. The van der Waals surface area contributed by atoms with Crippen molar-refractivity contribution in [3.8, 4) is 0 Å². The SMILES string of the molecule is O=C(Nc1cccc(F)c1)N1C[C@@H](C(=O)N2CCCCC2)C2(CCOCC2)C1. The number of amides is 3. The number of hydrogen-bond donors (Lipinski definition) is 1. The van der Waals surface area contributed by atoms with Crippen molar-refractivity contribution in [2.45, 2.75) is 32.1 Å². The summed E-state index contributed by atoms with van der Waals surface area (Å²) in [7, 11) is 0. The van der Waals surface area contributed by atoms with Crippen molar-refractivity contribution >= 4 is 17.6 Å². The maximum Gasteiger partial charge on any atom is 0.321 e. The first kappa shape index (κ1) is 19.2. The number of piperidine rings is 1. The molecule has 1 aromatic rings. The van der Waals surface area contributed by atoms with Crippen molar-refractivity contribution in [3.05, 3.63) is 30.1 Å². The van der Waals surface area contributed by atoms with E-state index in [-0.39, 0.29) is 23.3 Å². The van der Waals surface area contributed by atoms with Gasteiger partial charge in [0, 0.05) is 50.5 Å². The average Bonchev–Trinajstić information content (AvgIpc) is 3.07. The second-order valence-corrected chi connectivity index (χ2v) is 8.23. The molecule has 6 nitrogen and oxygen atoms in total. The van der Waals surface area contributed by atoms with Gasteiger partial charge in [0.05, 0.1) is 5.92 Å². The van der Waals surface area contributed by atoms with E-state index in [1.807, 2.05) is 4.90 Å². The first-order chi connectivity index (χ1) is 13.6. The van der Waals surface area contributed by atoms with Crippen LogP contribution in [0, 0.1) is 17.2 Å². The zero-order chi connectivity index (χ0) is 19.6. The van der Waals surface area contributed by atoms with Crippen LogP contribution in [-0.4, -0.2) is 61.1 Å². The number of nitrogens with zero attached hydrogens (tertiary/aromatic N) is 2. The average molecular weight is 389 g/mol. The van der Waals surface area contributed by atoms with E-state index in [9.17, 15) is 14.0 Å². The monoisotopic (exact) mass is 389 g/mol. The molecule has 3 heterocycles. The smallest absolute Gasteiger partial charge is 0.321 e. The van der Waals surface area contributed by atoms with Crippen molar-refractivity contribution in [1.82, 2.24) is 9.80 Å². The van der Waals surface area contributed by atoms with Crippen molar-refractivity contribution < 1.29 is 18.7 Å². The molecule has 3 aliphatic heterocycles. The van der Waals surface area contributed by atoms with Crippen molar-refractivity contribution in [1.29, 1.82) is 0 Å². The third-order valence-electron chi connectivity index (χ3n) is 6.47. The first-order valence-corrected chi connectivity index (χ1v) is 10.3. The lowest BCUT2D eigenvalue weighted by atomic mass is 9.71. The van der Waals surface area contributed by atoms with Gasteiger partial charge in [0.25, 0.3) is 0 Å². The molecule has 3 amide bonds. The van der Waals surface area contributed by atoms with E-state index in [0.717, 1.165) is 38.8 Å². The van der Waals surface area contributed by atoms with Crippen LogP contribution in [0.3, 0.4) is 0 Å². The number of carbonyl (C=O) groups is 2. The third-order valence-corrected chi connectivity index (χ3v) is 6.47. The summed E-state index contributed by atoms with van der Waals surface area (Å²) in [5.41, 5.74) is 0.211. The number of halogens is 1.